The topological polar surface area (TPSA) is 45.1 Å². The van der Waals surface area contributed by atoms with Crippen LogP contribution in [0.4, 0.5) is 18.9 Å². The van der Waals surface area contributed by atoms with Crippen LogP contribution in [0, 0.1) is 6.92 Å². The van der Waals surface area contributed by atoms with Gasteiger partial charge in [0.1, 0.15) is 17.3 Å². The quantitative estimate of drug-likeness (QED) is 0.394. The molecule has 0 aliphatic carbocycles. The Morgan fingerprint density at radius 3 is 2.43 bits per heavy atom. The summed E-state index contributed by atoms with van der Waals surface area (Å²) in [7, 11) is 0. The molecule has 5 nitrogen and oxygen atoms in total. The van der Waals surface area contributed by atoms with E-state index in [2.05, 4.69) is 4.99 Å². The highest BCUT2D eigenvalue weighted by atomic mass is 35.5. The molecule has 2 heterocycles. The summed E-state index contributed by atoms with van der Waals surface area (Å²) in [4.78, 5) is 21.3. The lowest BCUT2D eigenvalue weighted by Crippen LogP contribution is -2.50. The van der Waals surface area contributed by atoms with Crippen LogP contribution in [0.15, 0.2) is 65.7 Å². The van der Waals surface area contributed by atoms with Crippen molar-refractivity contribution in [3.8, 4) is 11.5 Å². The Balaban J connectivity index is 1.47. The van der Waals surface area contributed by atoms with Gasteiger partial charge in [-0.1, -0.05) is 29.3 Å². The van der Waals surface area contributed by atoms with Gasteiger partial charge in [-0.05, 0) is 55.5 Å². The van der Waals surface area contributed by atoms with Gasteiger partial charge in [-0.3, -0.25) is 4.79 Å². The number of fused-ring (bicyclic) bond motifs is 2. The second-order valence-electron chi connectivity index (χ2n) is 8.51. The van der Waals surface area contributed by atoms with Crippen LogP contribution < -0.4 is 4.74 Å². The molecule has 0 N–H and O–H groups in total. The van der Waals surface area contributed by atoms with Gasteiger partial charge in [0.2, 0.25) is 0 Å². The molecule has 0 atom stereocenters. The van der Waals surface area contributed by atoms with E-state index in [1.54, 1.807) is 35.2 Å². The lowest BCUT2D eigenvalue weighted by atomic mass is 10.1. The number of hydrogen-bond acceptors (Lipinski definition) is 4. The summed E-state index contributed by atoms with van der Waals surface area (Å²) >= 11 is 6.03. The molecule has 1 saturated heterocycles. The molecule has 0 saturated carbocycles. The summed E-state index contributed by atoms with van der Waals surface area (Å²) in [5.41, 5.74) is 1.50. The van der Waals surface area contributed by atoms with Crippen molar-refractivity contribution >= 4 is 29.0 Å². The van der Waals surface area contributed by atoms with Crippen molar-refractivity contribution in [1.29, 1.82) is 0 Å². The fourth-order valence-electron chi connectivity index (χ4n) is 4.23. The number of nitrogens with zero attached hydrogens (tertiary/aromatic N) is 3. The van der Waals surface area contributed by atoms with Crippen LogP contribution in [-0.2, 0) is 6.18 Å². The number of alkyl halides is 3. The van der Waals surface area contributed by atoms with Gasteiger partial charge in [0, 0.05) is 36.8 Å². The van der Waals surface area contributed by atoms with E-state index < -0.39 is 11.7 Å². The predicted octanol–water partition coefficient (Wildman–Crippen LogP) is 6.31. The normalized spacial score (nSPS) is 15.5. The number of rotatable bonds is 1. The maximum absolute atomic E-state index is 13.4. The minimum atomic E-state index is -4.49. The number of carbonyl (C=O) groups excluding carboxylic acids is 1. The number of ether oxygens (including phenoxy) is 1. The van der Waals surface area contributed by atoms with Crippen molar-refractivity contribution < 1.29 is 22.7 Å². The van der Waals surface area contributed by atoms with E-state index in [9.17, 15) is 18.0 Å². The lowest BCUT2D eigenvalue weighted by Gasteiger charge is -2.36. The maximum Gasteiger partial charge on any atom is 0.416 e. The summed E-state index contributed by atoms with van der Waals surface area (Å²) in [6.07, 6.45) is -4.49. The minimum absolute atomic E-state index is 0.112. The van der Waals surface area contributed by atoms with Crippen molar-refractivity contribution in [3.05, 3.63) is 87.9 Å². The van der Waals surface area contributed by atoms with Gasteiger partial charge in [0.15, 0.2) is 5.75 Å². The van der Waals surface area contributed by atoms with Gasteiger partial charge < -0.3 is 14.5 Å². The zero-order chi connectivity index (χ0) is 24.7. The van der Waals surface area contributed by atoms with E-state index in [1.165, 1.54) is 6.07 Å². The molecule has 0 spiro atoms. The van der Waals surface area contributed by atoms with Crippen LogP contribution in [0.5, 0.6) is 11.5 Å². The monoisotopic (exact) mass is 499 g/mol. The fourth-order valence-corrected chi connectivity index (χ4v) is 4.42. The molecule has 5 rings (SSSR count). The Hall–Kier alpha value is -3.52. The second kappa shape index (κ2) is 8.92. The van der Waals surface area contributed by atoms with Gasteiger partial charge in [-0.15, -0.1) is 0 Å². The zero-order valence-corrected chi connectivity index (χ0v) is 19.5. The van der Waals surface area contributed by atoms with Gasteiger partial charge in [-0.25, -0.2) is 4.99 Å². The smallest absolute Gasteiger partial charge is 0.416 e. The second-order valence-corrected chi connectivity index (χ2v) is 8.94. The average molecular weight is 500 g/mol. The first-order valence-corrected chi connectivity index (χ1v) is 11.5. The Morgan fingerprint density at radius 1 is 0.971 bits per heavy atom. The number of aryl methyl sites for hydroxylation is 1. The molecule has 3 aromatic rings. The standard InChI is InChI=1S/C26H21ClF3N3O2/c1-16-5-7-22-20(13-16)24(31-21-15-18(26(28,29)30)6-8-23(21)35-22)32-9-11-33(12-10-32)25(34)17-3-2-4-19(27)14-17/h2-8,13-15H,9-12H2,1H3. The van der Waals surface area contributed by atoms with Gasteiger partial charge in [0.05, 0.1) is 11.1 Å². The molecule has 1 fully saturated rings. The Labute approximate surface area is 205 Å². The summed E-state index contributed by atoms with van der Waals surface area (Å²) in [6, 6.07) is 15.7. The van der Waals surface area contributed by atoms with Crippen molar-refractivity contribution in [1.82, 2.24) is 9.80 Å². The van der Waals surface area contributed by atoms with Crippen LogP contribution in [0.1, 0.15) is 27.0 Å². The molecule has 35 heavy (non-hydrogen) atoms. The average Bonchev–Trinajstić information content (AvgIpc) is 2.99. The van der Waals surface area contributed by atoms with Crippen LogP contribution in [-0.4, -0.2) is 47.7 Å². The molecule has 9 heteroatoms. The highest BCUT2D eigenvalue weighted by Gasteiger charge is 2.33. The van der Waals surface area contributed by atoms with E-state index in [0.717, 1.165) is 17.7 Å². The van der Waals surface area contributed by atoms with Crippen molar-refractivity contribution in [2.45, 2.75) is 13.1 Å². The zero-order valence-electron chi connectivity index (χ0n) is 18.8. The largest absolute Gasteiger partial charge is 0.454 e. The molecule has 0 aromatic heterocycles. The Morgan fingerprint density at radius 2 is 1.71 bits per heavy atom. The Kier molecular flexibility index (Phi) is 5.92. The van der Waals surface area contributed by atoms with E-state index in [4.69, 9.17) is 16.3 Å². The van der Waals surface area contributed by atoms with E-state index in [-0.39, 0.29) is 17.3 Å². The molecular weight excluding hydrogens is 479 g/mol. The third-order valence-corrected chi connectivity index (χ3v) is 6.28. The number of carbonyl (C=O) groups is 1. The van der Waals surface area contributed by atoms with Crippen molar-refractivity contribution in [2.75, 3.05) is 26.2 Å². The SMILES string of the molecule is Cc1ccc2c(c1)C(N1CCN(C(=O)c3cccc(Cl)c3)CC1)=Nc1cc(C(F)(F)F)ccc1O2. The highest BCUT2D eigenvalue weighted by molar-refractivity contribution is 6.31. The van der Waals surface area contributed by atoms with Crippen LogP contribution >= 0.6 is 11.6 Å². The van der Waals surface area contributed by atoms with E-state index in [0.29, 0.717) is 53.9 Å². The van der Waals surface area contributed by atoms with Crippen molar-refractivity contribution in [3.63, 3.8) is 0 Å². The minimum Gasteiger partial charge on any atom is -0.454 e. The lowest BCUT2D eigenvalue weighted by molar-refractivity contribution is -0.137. The maximum atomic E-state index is 13.4. The summed E-state index contributed by atoms with van der Waals surface area (Å²) in [5.74, 6) is 1.18. The van der Waals surface area contributed by atoms with Crippen LogP contribution in [0.2, 0.25) is 5.02 Å². The summed E-state index contributed by atoms with van der Waals surface area (Å²) in [6.45, 7) is 3.72. The molecule has 3 aromatic carbocycles. The number of hydrogen-bond donors (Lipinski definition) is 0. The van der Waals surface area contributed by atoms with E-state index in [1.807, 2.05) is 24.0 Å². The van der Waals surface area contributed by atoms with Gasteiger partial charge >= 0.3 is 6.18 Å². The van der Waals surface area contributed by atoms with Crippen molar-refractivity contribution in [2.24, 2.45) is 4.99 Å². The molecule has 2 aliphatic rings. The predicted molar refractivity (Wildman–Crippen MR) is 128 cm³/mol. The first kappa shape index (κ1) is 23.2. The molecule has 2 aliphatic heterocycles. The first-order chi connectivity index (χ1) is 16.7. The molecular formula is C26H21ClF3N3O2. The molecule has 0 bridgehead atoms. The van der Waals surface area contributed by atoms with Crippen LogP contribution in [0.25, 0.3) is 0 Å². The van der Waals surface area contributed by atoms with Gasteiger partial charge in [0.25, 0.3) is 5.91 Å². The molecule has 0 radical (unpaired) electrons. The number of halogens is 4. The first-order valence-electron chi connectivity index (χ1n) is 11.1. The fraction of sp³-hybridized carbons (Fsp3) is 0.231. The summed E-state index contributed by atoms with van der Waals surface area (Å²) in [5, 5.41) is 0.492. The van der Waals surface area contributed by atoms with Gasteiger partial charge in [-0.2, -0.15) is 13.2 Å². The summed E-state index contributed by atoms with van der Waals surface area (Å²) < 4.78 is 46.1. The number of piperazine rings is 1. The molecule has 180 valence electrons. The third kappa shape index (κ3) is 4.71. The Bertz CT molecular complexity index is 1330. The number of amides is 1. The number of aliphatic imine (C=N–C) groups is 1. The number of amidine groups is 1. The highest BCUT2D eigenvalue weighted by Crippen LogP contribution is 2.42. The van der Waals surface area contributed by atoms with E-state index >= 15 is 0 Å². The van der Waals surface area contributed by atoms with Crippen LogP contribution in [0.3, 0.4) is 0 Å². The third-order valence-electron chi connectivity index (χ3n) is 6.05. The molecule has 1 amide bonds. The molecule has 0 unspecified atom stereocenters. The number of benzene rings is 3.